The van der Waals surface area contributed by atoms with Crippen LogP contribution in [-0.4, -0.2) is 35.9 Å². The van der Waals surface area contributed by atoms with Crippen LogP contribution in [0.1, 0.15) is 43.2 Å². The summed E-state index contributed by atoms with van der Waals surface area (Å²) in [5.74, 6) is -0.395. The topological polar surface area (TPSA) is 84.9 Å². The van der Waals surface area contributed by atoms with Crippen molar-refractivity contribution < 1.29 is 23.9 Å². The summed E-state index contributed by atoms with van der Waals surface area (Å²) >= 11 is 12.1. The lowest BCUT2D eigenvalue weighted by molar-refractivity contribution is -0.132. The van der Waals surface area contributed by atoms with Crippen LogP contribution in [0, 0.1) is 0 Å². The fourth-order valence-corrected chi connectivity index (χ4v) is 4.66. The van der Waals surface area contributed by atoms with E-state index < -0.39 is 17.8 Å². The van der Waals surface area contributed by atoms with Gasteiger partial charge in [-0.15, -0.1) is 0 Å². The molecule has 0 aromatic heterocycles. The Bertz CT molecular complexity index is 1160. The van der Waals surface area contributed by atoms with E-state index in [1.54, 1.807) is 36.4 Å². The third-order valence-electron chi connectivity index (χ3n) is 5.97. The van der Waals surface area contributed by atoms with Crippen LogP contribution in [0.15, 0.2) is 42.0 Å². The number of barbiturate groups is 1. The summed E-state index contributed by atoms with van der Waals surface area (Å²) in [7, 11) is 1.50. The van der Waals surface area contributed by atoms with Gasteiger partial charge in [-0.1, -0.05) is 54.6 Å². The quantitative estimate of drug-likeness (QED) is 0.423. The van der Waals surface area contributed by atoms with Gasteiger partial charge in [0.15, 0.2) is 11.5 Å². The Morgan fingerprint density at radius 2 is 1.79 bits per heavy atom. The summed E-state index contributed by atoms with van der Waals surface area (Å²) in [5, 5.41) is 3.32. The number of halogens is 2. The van der Waals surface area contributed by atoms with Crippen LogP contribution in [-0.2, 0) is 16.2 Å². The van der Waals surface area contributed by atoms with Crippen molar-refractivity contribution in [3.05, 3.63) is 63.1 Å². The Labute approximate surface area is 207 Å². The second kappa shape index (κ2) is 10.5. The number of urea groups is 1. The van der Waals surface area contributed by atoms with Crippen LogP contribution in [0.25, 0.3) is 6.08 Å². The summed E-state index contributed by atoms with van der Waals surface area (Å²) in [6.45, 7) is 0.201. The van der Waals surface area contributed by atoms with Crippen molar-refractivity contribution in [1.82, 2.24) is 10.2 Å². The fourth-order valence-electron chi connectivity index (χ4n) is 4.20. The molecule has 9 heteroatoms. The number of methoxy groups -OCH3 is 1. The summed E-state index contributed by atoms with van der Waals surface area (Å²) in [6.07, 6.45) is 5.95. The van der Waals surface area contributed by atoms with Crippen LogP contribution in [0.2, 0.25) is 10.0 Å². The summed E-state index contributed by atoms with van der Waals surface area (Å²) in [6, 6.07) is 9.36. The number of carbonyl (C=O) groups is 3. The van der Waals surface area contributed by atoms with Crippen molar-refractivity contribution in [3.8, 4) is 11.5 Å². The number of rotatable bonds is 6. The lowest BCUT2D eigenvalue weighted by atomic mass is 9.93. The molecule has 0 bridgehead atoms. The van der Waals surface area contributed by atoms with Gasteiger partial charge >= 0.3 is 6.03 Å². The van der Waals surface area contributed by atoms with Gasteiger partial charge in [0.1, 0.15) is 12.2 Å². The van der Waals surface area contributed by atoms with Gasteiger partial charge in [-0.2, -0.15) is 0 Å². The Kier molecular flexibility index (Phi) is 7.44. The van der Waals surface area contributed by atoms with Crippen LogP contribution in [0.4, 0.5) is 4.79 Å². The molecule has 0 unspecified atom stereocenters. The minimum Gasteiger partial charge on any atom is -0.493 e. The first-order valence-corrected chi connectivity index (χ1v) is 11.8. The van der Waals surface area contributed by atoms with Gasteiger partial charge < -0.3 is 9.47 Å². The van der Waals surface area contributed by atoms with E-state index in [1.807, 2.05) is 0 Å². The molecule has 1 heterocycles. The third-order valence-corrected chi connectivity index (χ3v) is 6.56. The number of nitrogens with one attached hydrogen (secondary N) is 1. The largest absolute Gasteiger partial charge is 0.493 e. The number of amides is 4. The summed E-state index contributed by atoms with van der Waals surface area (Å²) < 4.78 is 11.3. The van der Waals surface area contributed by atoms with E-state index in [0.29, 0.717) is 27.1 Å². The third kappa shape index (κ3) is 5.21. The molecule has 1 aliphatic carbocycles. The second-order valence-corrected chi connectivity index (χ2v) is 9.06. The highest BCUT2D eigenvalue weighted by molar-refractivity contribution is 6.35. The number of ether oxygens (including phenoxy) is 2. The molecule has 1 N–H and O–H groups in total. The smallest absolute Gasteiger partial charge is 0.331 e. The van der Waals surface area contributed by atoms with Crippen LogP contribution >= 0.6 is 23.2 Å². The first-order chi connectivity index (χ1) is 16.4. The van der Waals surface area contributed by atoms with Crippen molar-refractivity contribution in [2.75, 3.05) is 7.11 Å². The number of nitrogens with zero attached hydrogens (tertiary/aromatic N) is 1. The molecule has 34 heavy (non-hydrogen) atoms. The number of benzene rings is 2. The van der Waals surface area contributed by atoms with E-state index in [0.717, 1.165) is 37.7 Å². The summed E-state index contributed by atoms with van der Waals surface area (Å²) in [5.41, 5.74) is 1.23. The minimum atomic E-state index is -0.710. The molecule has 1 saturated carbocycles. The van der Waals surface area contributed by atoms with Crippen molar-refractivity contribution in [3.63, 3.8) is 0 Å². The number of imide groups is 2. The second-order valence-electron chi connectivity index (χ2n) is 8.22. The normalized spacial score (nSPS) is 18.3. The van der Waals surface area contributed by atoms with E-state index in [9.17, 15) is 14.4 Å². The van der Waals surface area contributed by atoms with Crippen LogP contribution < -0.4 is 14.8 Å². The molecule has 178 valence electrons. The molecule has 4 amide bonds. The molecule has 1 saturated heterocycles. The Morgan fingerprint density at radius 3 is 2.50 bits per heavy atom. The first-order valence-electron chi connectivity index (χ1n) is 11.0. The fraction of sp³-hybridized carbons (Fsp3) is 0.320. The highest BCUT2D eigenvalue weighted by atomic mass is 35.5. The van der Waals surface area contributed by atoms with Gasteiger partial charge in [0.25, 0.3) is 11.8 Å². The standard InChI is InChI=1S/C25H24Cl2N2O5/c1-33-22-12-15(7-10-21(22)34-14-16-8-9-17(26)13-20(16)27)11-19-23(30)28-25(32)29(24(19)31)18-5-3-2-4-6-18/h7-13,18H,2-6,14H2,1H3,(H,28,30,32). The lowest BCUT2D eigenvalue weighted by Crippen LogP contribution is -2.58. The first kappa shape index (κ1) is 24.1. The zero-order chi connectivity index (χ0) is 24.2. The molecule has 4 rings (SSSR count). The number of hydrogen-bond donors (Lipinski definition) is 1. The van der Waals surface area contributed by atoms with Gasteiger partial charge in [0.2, 0.25) is 0 Å². The molecule has 1 aliphatic heterocycles. The predicted molar refractivity (Wildman–Crippen MR) is 129 cm³/mol. The van der Waals surface area contributed by atoms with Crippen molar-refractivity contribution in [2.24, 2.45) is 0 Å². The molecule has 2 aromatic rings. The average Bonchev–Trinajstić information content (AvgIpc) is 2.82. The van der Waals surface area contributed by atoms with Gasteiger partial charge in [-0.25, -0.2) is 4.79 Å². The maximum absolute atomic E-state index is 13.1. The monoisotopic (exact) mass is 502 g/mol. The average molecular weight is 503 g/mol. The lowest BCUT2D eigenvalue weighted by Gasteiger charge is -2.35. The Balaban J connectivity index is 1.55. The maximum Gasteiger partial charge on any atom is 0.331 e. The molecule has 0 atom stereocenters. The zero-order valence-corrected chi connectivity index (χ0v) is 20.1. The van der Waals surface area contributed by atoms with Crippen molar-refractivity contribution >= 4 is 47.1 Å². The summed E-state index contributed by atoms with van der Waals surface area (Å²) in [4.78, 5) is 39.1. The highest BCUT2D eigenvalue weighted by Gasteiger charge is 2.40. The van der Waals surface area contributed by atoms with Crippen molar-refractivity contribution in [1.29, 1.82) is 0 Å². The van der Waals surface area contributed by atoms with E-state index in [2.05, 4.69) is 5.32 Å². The van der Waals surface area contributed by atoms with E-state index in [4.69, 9.17) is 32.7 Å². The van der Waals surface area contributed by atoms with Crippen LogP contribution in [0.3, 0.4) is 0 Å². The molecule has 7 nitrogen and oxygen atoms in total. The Morgan fingerprint density at radius 1 is 1.03 bits per heavy atom. The van der Waals surface area contributed by atoms with Crippen LogP contribution in [0.5, 0.6) is 11.5 Å². The molecule has 0 radical (unpaired) electrons. The molecular formula is C25H24Cl2N2O5. The molecule has 2 fully saturated rings. The molecular weight excluding hydrogens is 479 g/mol. The highest BCUT2D eigenvalue weighted by Crippen LogP contribution is 2.32. The van der Waals surface area contributed by atoms with Crippen molar-refractivity contribution in [2.45, 2.75) is 44.8 Å². The SMILES string of the molecule is COc1cc(C=C2C(=O)NC(=O)N(C3CCCCC3)C2=O)ccc1OCc1ccc(Cl)cc1Cl. The zero-order valence-electron chi connectivity index (χ0n) is 18.6. The van der Waals surface area contributed by atoms with Gasteiger partial charge in [0, 0.05) is 21.7 Å². The van der Waals surface area contributed by atoms with Gasteiger partial charge in [-0.3, -0.25) is 19.8 Å². The minimum absolute atomic E-state index is 0.0890. The maximum atomic E-state index is 13.1. The molecule has 2 aromatic carbocycles. The molecule has 0 spiro atoms. The van der Waals surface area contributed by atoms with E-state index in [1.165, 1.54) is 18.1 Å². The predicted octanol–water partition coefficient (Wildman–Crippen LogP) is 5.38. The number of carbonyl (C=O) groups excluding carboxylic acids is 3. The van der Waals surface area contributed by atoms with Gasteiger partial charge in [-0.05, 0) is 48.7 Å². The van der Waals surface area contributed by atoms with E-state index in [-0.39, 0.29) is 18.2 Å². The van der Waals surface area contributed by atoms with E-state index >= 15 is 0 Å². The van der Waals surface area contributed by atoms with Gasteiger partial charge in [0.05, 0.1) is 7.11 Å². The Hall–Kier alpha value is -3.03. The molecule has 2 aliphatic rings. The number of hydrogen-bond acceptors (Lipinski definition) is 5.